The fourth-order valence-electron chi connectivity index (χ4n) is 3.26. The number of aromatic nitrogens is 2. The van der Waals surface area contributed by atoms with Crippen molar-refractivity contribution < 1.29 is 18.7 Å². The molecule has 31 heavy (non-hydrogen) atoms. The van der Waals surface area contributed by atoms with Crippen molar-refractivity contribution in [2.75, 3.05) is 23.3 Å². The first-order valence-electron chi connectivity index (χ1n) is 9.96. The maximum absolute atomic E-state index is 14.1. The number of carbonyl (C=O) groups excluding carboxylic acids is 2. The second-order valence-corrected chi connectivity index (χ2v) is 8.97. The number of rotatable bonds is 4. The lowest BCUT2D eigenvalue weighted by Crippen LogP contribution is -2.50. The number of carbonyl (C=O) groups is 2. The highest BCUT2D eigenvalue weighted by molar-refractivity contribution is 9.10. The summed E-state index contributed by atoms with van der Waals surface area (Å²) in [4.78, 5) is 35.4. The molecular weight excluding hydrogens is 469 g/mol. The minimum atomic E-state index is -0.758. The minimum Gasteiger partial charge on any atom is -0.443 e. The van der Waals surface area contributed by atoms with Gasteiger partial charge in [-0.05, 0) is 74.3 Å². The van der Waals surface area contributed by atoms with Gasteiger partial charge in [-0.2, -0.15) is 0 Å². The molecule has 0 spiro atoms. The van der Waals surface area contributed by atoms with Crippen molar-refractivity contribution in [3.05, 3.63) is 46.7 Å². The third-order valence-electron chi connectivity index (χ3n) is 4.56. The van der Waals surface area contributed by atoms with E-state index in [0.717, 1.165) is 25.5 Å². The number of anilines is 2. The summed E-state index contributed by atoms with van der Waals surface area (Å²) in [5.74, 6) is -1.51. The van der Waals surface area contributed by atoms with E-state index >= 15 is 0 Å². The van der Waals surface area contributed by atoms with Gasteiger partial charge >= 0.3 is 6.09 Å². The molecular formula is C21H25BrFN5O3. The summed E-state index contributed by atoms with van der Waals surface area (Å²) >= 11 is 3.14. The van der Waals surface area contributed by atoms with Crippen molar-refractivity contribution in [2.24, 2.45) is 0 Å². The van der Waals surface area contributed by atoms with Gasteiger partial charge < -0.3 is 15.4 Å². The Kier molecular flexibility index (Phi) is 7.22. The molecule has 2 aromatic heterocycles. The minimum absolute atomic E-state index is 0.178. The van der Waals surface area contributed by atoms with Crippen LogP contribution in [0.5, 0.6) is 0 Å². The van der Waals surface area contributed by atoms with Crippen LogP contribution in [0, 0.1) is 5.82 Å². The van der Waals surface area contributed by atoms with E-state index in [2.05, 4.69) is 36.5 Å². The van der Waals surface area contributed by atoms with Crippen molar-refractivity contribution in [2.45, 2.75) is 45.3 Å². The predicted molar refractivity (Wildman–Crippen MR) is 119 cm³/mol. The lowest BCUT2D eigenvalue weighted by Gasteiger charge is -2.36. The van der Waals surface area contributed by atoms with Gasteiger partial charge in [-0.25, -0.2) is 14.2 Å². The lowest BCUT2D eigenvalue weighted by atomic mass is 10.1. The molecule has 3 heterocycles. The molecule has 1 aliphatic heterocycles. The van der Waals surface area contributed by atoms with E-state index in [1.807, 2.05) is 0 Å². The maximum Gasteiger partial charge on any atom is 0.415 e. The van der Waals surface area contributed by atoms with E-state index in [-0.39, 0.29) is 17.4 Å². The van der Waals surface area contributed by atoms with E-state index in [9.17, 15) is 14.0 Å². The van der Waals surface area contributed by atoms with Crippen LogP contribution in [0.1, 0.15) is 44.1 Å². The molecule has 0 radical (unpaired) electrons. The average molecular weight is 494 g/mol. The lowest BCUT2D eigenvalue weighted by molar-refractivity contribution is 0.0560. The number of pyridine rings is 2. The summed E-state index contributed by atoms with van der Waals surface area (Å²) in [7, 11) is 0. The van der Waals surface area contributed by atoms with Crippen LogP contribution >= 0.6 is 15.9 Å². The molecule has 166 valence electrons. The number of hydrogen-bond donors (Lipinski definition) is 2. The molecule has 0 unspecified atom stereocenters. The average Bonchev–Trinajstić information content (AvgIpc) is 2.70. The SMILES string of the molecule is CC(C)(C)OC(=O)N(c1ccncc1NC(=O)c1nc(Br)ccc1F)[C@H]1CCCNC1. The normalized spacial score (nSPS) is 16.5. The first kappa shape index (κ1) is 23.1. The molecule has 1 aliphatic rings. The van der Waals surface area contributed by atoms with Gasteiger partial charge in [0.15, 0.2) is 11.5 Å². The third kappa shape index (κ3) is 5.98. The van der Waals surface area contributed by atoms with Gasteiger partial charge in [-0.15, -0.1) is 0 Å². The van der Waals surface area contributed by atoms with Crippen molar-refractivity contribution >= 4 is 39.3 Å². The Bertz CT molecular complexity index is 960. The summed E-state index contributed by atoms with van der Waals surface area (Å²) in [6, 6.07) is 4.00. The van der Waals surface area contributed by atoms with Crippen molar-refractivity contribution in [1.82, 2.24) is 15.3 Å². The fourth-order valence-corrected chi connectivity index (χ4v) is 3.57. The van der Waals surface area contributed by atoms with Crippen LogP contribution in [0.25, 0.3) is 0 Å². The zero-order valence-electron chi connectivity index (χ0n) is 17.6. The molecule has 10 heteroatoms. The zero-order valence-corrected chi connectivity index (χ0v) is 19.2. The molecule has 0 aromatic carbocycles. The highest BCUT2D eigenvalue weighted by Gasteiger charge is 2.32. The molecule has 8 nitrogen and oxygen atoms in total. The Morgan fingerprint density at radius 3 is 2.77 bits per heavy atom. The standard InChI is InChI=1S/C21H25BrFN5O3/c1-21(2,3)31-20(30)28(13-5-4-9-24-11-13)16-8-10-25-12-15(16)26-19(29)18-14(23)6-7-17(22)27-18/h6-8,10,12-13,24H,4-5,9,11H2,1-3H3,(H,26,29)/t13-/m0/s1. The summed E-state index contributed by atoms with van der Waals surface area (Å²) in [5.41, 5.74) is -0.392. The molecule has 0 bridgehead atoms. The van der Waals surface area contributed by atoms with E-state index in [1.165, 1.54) is 23.4 Å². The van der Waals surface area contributed by atoms with Gasteiger partial charge in [-0.3, -0.25) is 14.7 Å². The van der Waals surface area contributed by atoms with Crippen LogP contribution in [0.4, 0.5) is 20.6 Å². The van der Waals surface area contributed by atoms with Gasteiger partial charge in [0.05, 0.1) is 23.6 Å². The summed E-state index contributed by atoms with van der Waals surface area (Å²) in [6.07, 6.45) is 4.07. The number of halogens is 2. The van der Waals surface area contributed by atoms with Crippen LogP contribution in [0.15, 0.2) is 35.2 Å². The smallest absolute Gasteiger partial charge is 0.415 e. The van der Waals surface area contributed by atoms with Crippen LogP contribution in [-0.2, 0) is 4.74 Å². The Labute approximate surface area is 188 Å². The third-order valence-corrected chi connectivity index (χ3v) is 5.00. The summed E-state index contributed by atoms with van der Waals surface area (Å²) in [6.45, 7) is 6.82. The fraction of sp³-hybridized carbons (Fsp3) is 0.429. The van der Waals surface area contributed by atoms with Gasteiger partial charge in [-0.1, -0.05) is 0 Å². The molecule has 0 saturated carbocycles. The maximum atomic E-state index is 14.1. The van der Waals surface area contributed by atoms with Gasteiger partial charge in [0.1, 0.15) is 10.2 Å². The Morgan fingerprint density at radius 2 is 2.10 bits per heavy atom. The number of nitrogens with one attached hydrogen (secondary N) is 2. The van der Waals surface area contributed by atoms with Crippen LogP contribution in [-0.4, -0.2) is 46.7 Å². The Hall–Kier alpha value is -2.59. The number of amides is 2. The van der Waals surface area contributed by atoms with Crippen molar-refractivity contribution in [3.8, 4) is 0 Å². The molecule has 1 atom stereocenters. The highest BCUT2D eigenvalue weighted by atomic mass is 79.9. The van der Waals surface area contributed by atoms with Crippen LogP contribution < -0.4 is 15.5 Å². The number of nitrogens with zero attached hydrogens (tertiary/aromatic N) is 3. The molecule has 0 aliphatic carbocycles. The van der Waals surface area contributed by atoms with Gasteiger partial charge in [0, 0.05) is 12.7 Å². The van der Waals surface area contributed by atoms with E-state index in [0.29, 0.717) is 16.8 Å². The van der Waals surface area contributed by atoms with Gasteiger partial charge in [0.25, 0.3) is 5.91 Å². The van der Waals surface area contributed by atoms with E-state index in [1.54, 1.807) is 26.8 Å². The van der Waals surface area contributed by atoms with Crippen LogP contribution in [0.2, 0.25) is 0 Å². The quantitative estimate of drug-likeness (QED) is 0.621. The Balaban J connectivity index is 1.96. The second kappa shape index (κ2) is 9.69. The van der Waals surface area contributed by atoms with E-state index < -0.39 is 23.4 Å². The van der Waals surface area contributed by atoms with Crippen molar-refractivity contribution in [3.63, 3.8) is 0 Å². The van der Waals surface area contributed by atoms with E-state index in [4.69, 9.17) is 4.74 Å². The largest absolute Gasteiger partial charge is 0.443 e. The van der Waals surface area contributed by atoms with Crippen molar-refractivity contribution in [1.29, 1.82) is 0 Å². The highest BCUT2D eigenvalue weighted by Crippen LogP contribution is 2.30. The topological polar surface area (TPSA) is 96.5 Å². The zero-order chi connectivity index (χ0) is 22.6. The number of hydrogen-bond acceptors (Lipinski definition) is 6. The number of ether oxygens (including phenoxy) is 1. The first-order chi connectivity index (χ1) is 14.7. The molecule has 2 amide bonds. The predicted octanol–water partition coefficient (Wildman–Crippen LogP) is 4.12. The second-order valence-electron chi connectivity index (χ2n) is 8.16. The van der Waals surface area contributed by atoms with Gasteiger partial charge in [0.2, 0.25) is 0 Å². The van der Waals surface area contributed by atoms with Crippen LogP contribution in [0.3, 0.4) is 0 Å². The summed E-state index contributed by atoms with van der Waals surface area (Å²) < 4.78 is 20.1. The summed E-state index contributed by atoms with van der Waals surface area (Å²) in [5, 5.41) is 5.92. The monoisotopic (exact) mass is 493 g/mol. The molecule has 2 aromatic rings. The Morgan fingerprint density at radius 1 is 1.32 bits per heavy atom. The molecule has 1 saturated heterocycles. The molecule has 2 N–H and O–H groups in total. The first-order valence-corrected chi connectivity index (χ1v) is 10.8. The molecule has 1 fully saturated rings. The number of piperidine rings is 1. The molecule has 3 rings (SSSR count).